The summed E-state index contributed by atoms with van der Waals surface area (Å²) in [5.41, 5.74) is 4.93. The summed E-state index contributed by atoms with van der Waals surface area (Å²) < 4.78 is 33.4. The molecule has 188 valence electrons. The summed E-state index contributed by atoms with van der Waals surface area (Å²) in [6, 6.07) is 19.4. The number of morpholine rings is 1. The highest BCUT2D eigenvalue weighted by Crippen LogP contribution is 2.32. The van der Waals surface area contributed by atoms with Crippen molar-refractivity contribution in [1.82, 2.24) is 19.5 Å². The predicted molar refractivity (Wildman–Crippen MR) is 142 cm³/mol. The van der Waals surface area contributed by atoms with Crippen molar-refractivity contribution in [2.24, 2.45) is 0 Å². The Kier molecular flexibility index (Phi) is 6.65. The molecule has 3 heterocycles. The molecule has 0 radical (unpaired) electrons. The van der Waals surface area contributed by atoms with Gasteiger partial charge in [-0.15, -0.1) is 5.10 Å². The molecule has 10 heteroatoms. The van der Waals surface area contributed by atoms with Crippen LogP contribution in [0.4, 0.5) is 17.3 Å². The summed E-state index contributed by atoms with van der Waals surface area (Å²) in [6.45, 7) is 5.81. The van der Waals surface area contributed by atoms with Crippen molar-refractivity contribution >= 4 is 32.9 Å². The van der Waals surface area contributed by atoms with Crippen LogP contribution in [0.2, 0.25) is 0 Å². The summed E-state index contributed by atoms with van der Waals surface area (Å²) in [6.07, 6.45) is 3.01. The number of rotatable bonds is 7. The first-order valence-corrected chi connectivity index (χ1v) is 13.8. The molecular weight excluding hydrogens is 476 g/mol. The topological polar surface area (TPSA) is 92.1 Å². The molecule has 0 amide bonds. The van der Waals surface area contributed by atoms with Gasteiger partial charge in [-0.1, -0.05) is 37.3 Å². The van der Waals surface area contributed by atoms with Crippen molar-refractivity contribution in [1.29, 1.82) is 0 Å². The summed E-state index contributed by atoms with van der Waals surface area (Å²) in [5.74, 6) is 0.438. The molecule has 1 fully saturated rings. The maximum absolute atomic E-state index is 12.2. The van der Waals surface area contributed by atoms with Crippen molar-refractivity contribution in [3.05, 3.63) is 72.4 Å². The lowest BCUT2D eigenvalue weighted by atomic mass is 10.1. The van der Waals surface area contributed by atoms with Crippen LogP contribution < -0.4 is 9.62 Å². The van der Waals surface area contributed by atoms with E-state index in [1.807, 2.05) is 42.5 Å². The molecule has 0 aliphatic carbocycles. The minimum atomic E-state index is -3.42. The number of likely N-dealkylation sites (N-methyl/N-ethyl adjacent to an activating group) is 1. The van der Waals surface area contributed by atoms with Crippen LogP contribution in [-0.4, -0.2) is 67.5 Å². The van der Waals surface area contributed by atoms with E-state index in [0.717, 1.165) is 54.3 Å². The lowest BCUT2D eigenvalue weighted by molar-refractivity contribution is -0.0281. The first-order valence-electron chi connectivity index (χ1n) is 11.9. The van der Waals surface area contributed by atoms with Crippen molar-refractivity contribution in [3.8, 4) is 11.3 Å². The third-order valence-corrected chi connectivity index (χ3v) is 7.74. The summed E-state index contributed by atoms with van der Waals surface area (Å²) in [7, 11) is -1.87. The van der Waals surface area contributed by atoms with Gasteiger partial charge >= 0.3 is 0 Å². The molecule has 0 bridgehead atoms. The van der Waals surface area contributed by atoms with Crippen molar-refractivity contribution in [3.63, 3.8) is 0 Å². The number of aromatic nitrogens is 3. The van der Waals surface area contributed by atoms with Crippen LogP contribution in [0.15, 0.2) is 66.9 Å². The molecule has 2 aromatic heterocycles. The molecule has 5 rings (SSSR count). The van der Waals surface area contributed by atoms with Gasteiger partial charge in [0.2, 0.25) is 16.0 Å². The van der Waals surface area contributed by atoms with E-state index in [4.69, 9.17) is 9.84 Å². The monoisotopic (exact) mass is 506 g/mol. The number of sulfonamides is 1. The summed E-state index contributed by atoms with van der Waals surface area (Å²) in [4.78, 5) is 6.85. The summed E-state index contributed by atoms with van der Waals surface area (Å²) >= 11 is 0. The highest BCUT2D eigenvalue weighted by molar-refractivity contribution is 7.92. The molecule has 0 saturated carbocycles. The predicted octanol–water partition coefficient (Wildman–Crippen LogP) is 3.93. The zero-order valence-electron chi connectivity index (χ0n) is 20.6. The molecule has 9 nitrogen and oxygen atoms in total. The average molecular weight is 507 g/mol. The van der Waals surface area contributed by atoms with Crippen LogP contribution in [-0.2, 0) is 14.8 Å². The van der Waals surface area contributed by atoms with Crippen LogP contribution >= 0.6 is 0 Å². The number of nitrogens with one attached hydrogen (secondary N) is 1. The van der Waals surface area contributed by atoms with Gasteiger partial charge in [-0.2, -0.15) is 0 Å². The van der Waals surface area contributed by atoms with E-state index in [1.165, 1.54) is 10.6 Å². The third-order valence-electron chi connectivity index (χ3n) is 6.55. The Bertz CT molecular complexity index is 1470. The minimum absolute atomic E-state index is 0.0768. The average Bonchev–Trinajstić information content (AvgIpc) is 3.31. The minimum Gasteiger partial charge on any atom is -0.371 e. The van der Waals surface area contributed by atoms with Gasteiger partial charge in [0, 0.05) is 31.4 Å². The molecule has 0 spiro atoms. The van der Waals surface area contributed by atoms with Crippen LogP contribution in [0.5, 0.6) is 0 Å². The Hall–Kier alpha value is -3.47. The van der Waals surface area contributed by atoms with Crippen LogP contribution in [0.3, 0.4) is 0 Å². The lowest BCUT2D eigenvalue weighted by Gasteiger charge is -2.32. The zero-order chi connectivity index (χ0) is 25.3. The van der Waals surface area contributed by atoms with Crippen LogP contribution in [0.25, 0.3) is 16.8 Å². The highest BCUT2D eigenvalue weighted by atomic mass is 32.2. The van der Waals surface area contributed by atoms with E-state index in [1.54, 1.807) is 23.8 Å². The second-order valence-electron chi connectivity index (χ2n) is 8.88. The van der Waals surface area contributed by atoms with Gasteiger partial charge in [-0.25, -0.2) is 17.9 Å². The van der Waals surface area contributed by atoms with Gasteiger partial charge < -0.3 is 10.1 Å². The molecule has 1 unspecified atom stereocenters. The fraction of sp³-hybridized carbons (Fsp3) is 0.308. The Balaban J connectivity index is 1.41. The molecular formula is C26H30N6O3S. The molecule has 1 saturated heterocycles. The standard InChI is InChI=1S/C26H30N6O3S/c1-4-31-15-16-35-25(18-31)19-9-11-20(12-10-19)28-26-27-17-21-13-14-24(32(21)29-26)22-7-5-6-8-23(22)30(2)36(3,33)34/h5-14,17,25H,4,15-16,18H2,1-3H3,(H,28,29). The first kappa shape index (κ1) is 24.2. The lowest BCUT2D eigenvalue weighted by Crippen LogP contribution is -2.38. The molecule has 1 aliphatic heterocycles. The molecule has 1 atom stereocenters. The van der Waals surface area contributed by atoms with Gasteiger partial charge in [0.25, 0.3) is 0 Å². The van der Waals surface area contributed by atoms with Crippen LogP contribution in [0, 0.1) is 0 Å². The number of fused-ring (bicyclic) bond motifs is 1. The maximum Gasteiger partial charge on any atom is 0.245 e. The van der Waals surface area contributed by atoms with E-state index in [9.17, 15) is 8.42 Å². The van der Waals surface area contributed by atoms with Crippen molar-refractivity contribution < 1.29 is 13.2 Å². The molecule has 1 aliphatic rings. The van der Waals surface area contributed by atoms with Gasteiger partial charge in [-0.3, -0.25) is 9.21 Å². The number of para-hydroxylation sites is 1. The highest BCUT2D eigenvalue weighted by Gasteiger charge is 2.21. The number of ether oxygens (including phenoxy) is 1. The fourth-order valence-electron chi connectivity index (χ4n) is 4.41. The summed E-state index contributed by atoms with van der Waals surface area (Å²) in [5, 5.41) is 7.97. The Morgan fingerprint density at radius 1 is 1.11 bits per heavy atom. The molecule has 4 aromatic rings. The SMILES string of the molecule is CCN1CCOC(c2ccc(Nc3ncc4ccc(-c5ccccc5N(C)S(C)(=O)=O)n4n3)cc2)C1. The number of hydrogen-bond acceptors (Lipinski definition) is 7. The van der Waals surface area contributed by atoms with Crippen molar-refractivity contribution in [2.75, 3.05) is 49.2 Å². The number of nitrogens with zero attached hydrogens (tertiary/aromatic N) is 5. The second kappa shape index (κ2) is 9.88. The van der Waals surface area contributed by atoms with Gasteiger partial charge in [0.1, 0.15) is 0 Å². The quantitative estimate of drug-likeness (QED) is 0.406. The number of anilines is 3. The third kappa shape index (κ3) is 4.92. The van der Waals surface area contributed by atoms with Gasteiger partial charge in [-0.05, 0) is 42.4 Å². The van der Waals surface area contributed by atoms with E-state index >= 15 is 0 Å². The van der Waals surface area contributed by atoms with E-state index in [0.29, 0.717) is 11.6 Å². The molecule has 2 aromatic carbocycles. The smallest absolute Gasteiger partial charge is 0.245 e. The van der Waals surface area contributed by atoms with Crippen molar-refractivity contribution in [2.45, 2.75) is 13.0 Å². The zero-order valence-corrected chi connectivity index (χ0v) is 21.4. The van der Waals surface area contributed by atoms with E-state index in [-0.39, 0.29) is 6.10 Å². The normalized spacial score (nSPS) is 16.8. The Morgan fingerprint density at radius 2 is 1.89 bits per heavy atom. The first-order chi connectivity index (χ1) is 17.3. The van der Waals surface area contributed by atoms with Gasteiger partial charge in [0.05, 0.1) is 42.1 Å². The number of benzene rings is 2. The second-order valence-corrected chi connectivity index (χ2v) is 10.9. The van der Waals surface area contributed by atoms with Gasteiger partial charge in [0.15, 0.2) is 0 Å². The molecule has 36 heavy (non-hydrogen) atoms. The van der Waals surface area contributed by atoms with Crippen LogP contribution in [0.1, 0.15) is 18.6 Å². The Morgan fingerprint density at radius 3 is 2.64 bits per heavy atom. The molecule has 1 N–H and O–H groups in total. The van der Waals surface area contributed by atoms with E-state index < -0.39 is 10.0 Å². The number of hydrogen-bond donors (Lipinski definition) is 1. The Labute approximate surface area is 211 Å². The van der Waals surface area contributed by atoms with E-state index in [2.05, 4.69) is 34.3 Å². The largest absolute Gasteiger partial charge is 0.371 e. The maximum atomic E-state index is 12.2. The fourth-order valence-corrected chi connectivity index (χ4v) is 4.92.